The van der Waals surface area contributed by atoms with Crippen molar-refractivity contribution in [3.05, 3.63) is 100 Å². The fraction of sp³-hybridized carbons (Fsp3) is 0.276. The van der Waals surface area contributed by atoms with Gasteiger partial charge in [-0.2, -0.15) is 9.37 Å². The molecule has 0 aliphatic heterocycles. The Balaban J connectivity index is 1.63. The molecule has 5 rings (SSSR count). The Hall–Kier alpha value is -3.89. The number of aromatic hydroxyl groups is 1. The summed E-state index contributed by atoms with van der Waals surface area (Å²) in [6, 6.07) is 17.2. The van der Waals surface area contributed by atoms with Gasteiger partial charge in [0, 0.05) is 24.8 Å². The van der Waals surface area contributed by atoms with Crippen LogP contribution in [-0.2, 0) is 21.0 Å². The van der Waals surface area contributed by atoms with Gasteiger partial charge in [0.25, 0.3) is 5.56 Å². The molecule has 39 heavy (non-hydrogen) atoms. The predicted octanol–water partition coefficient (Wildman–Crippen LogP) is 4.48. The lowest BCUT2D eigenvalue weighted by atomic mass is 10.1. The van der Waals surface area contributed by atoms with E-state index in [0.29, 0.717) is 35.0 Å². The van der Waals surface area contributed by atoms with E-state index in [4.69, 9.17) is 4.74 Å². The molecule has 1 aliphatic carbocycles. The predicted molar refractivity (Wildman–Crippen MR) is 143 cm³/mol. The van der Waals surface area contributed by atoms with Crippen LogP contribution in [0.2, 0.25) is 0 Å². The van der Waals surface area contributed by atoms with Crippen LogP contribution in [0.5, 0.6) is 5.88 Å². The Kier molecular flexibility index (Phi) is 7.33. The highest BCUT2D eigenvalue weighted by Gasteiger charge is 2.34. The number of rotatable bonds is 9. The number of pyridine rings is 1. The molecule has 2 heterocycles. The van der Waals surface area contributed by atoms with Gasteiger partial charge in [0.1, 0.15) is 5.82 Å². The molecular formula is C29H28FN3O5S. The van der Waals surface area contributed by atoms with E-state index in [1.807, 2.05) is 30.3 Å². The maximum absolute atomic E-state index is 13.7. The number of sulfone groups is 1. The number of aromatic nitrogens is 3. The summed E-state index contributed by atoms with van der Waals surface area (Å²) in [5.74, 6) is -0.637. The highest BCUT2D eigenvalue weighted by Crippen LogP contribution is 2.37. The van der Waals surface area contributed by atoms with E-state index in [2.05, 4.69) is 9.97 Å². The van der Waals surface area contributed by atoms with Gasteiger partial charge in [-0.15, -0.1) is 0 Å². The third-order valence-electron chi connectivity index (χ3n) is 6.92. The van der Waals surface area contributed by atoms with Crippen molar-refractivity contribution in [3.63, 3.8) is 0 Å². The second kappa shape index (κ2) is 10.7. The van der Waals surface area contributed by atoms with E-state index in [0.717, 1.165) is 18.4 Å². The summed E-state index contributed by atoms with van der Waals surface area (Å²) in [5, 5.41) is 11.5. The zero-order chi connectivity index (χ0) is 27.7. The SMILES string of the molecule is COC[C@@H](c1ccccc1)n1c(CC2CC2)nc(=O)c(S(=O)(=O)c2ccc(-c3ccc(F)nc3C)cc2)c1O. The number of hydrogen-bond donors (Lipinski definition) is 1. The lowest BCUT2D eigenvalue weighted by molar-refractivity contribution is 0.161. The van der Waals surface area contributed by atoms with Gasteiger partial charge in [0.15, 0.2) is 4.90 Å². The summed E-state index contributed by atoms with van der Waals surface area (Å²) in [5.41, 5.74) is 1.48. The number of methoxy groups -OCH3 is 1. The highest BCUT2D eigenvalue weighted by molar-refractivity contribution is 7.91. The monoisotopic (exact) mass is 549 g/mol. The van der Waals surface area contributed by atoms with E-state index in [1.165, 1.54) is 29.9 Å². The van der Waals surface area contributed by atoms with Crippen LogP contribution >= 0.6 is 0 Å². The number of ether oxygens (including phenoxy) is 1. The minimum atomic E-state index is -4.46. The van der Waals surface area contributed by atoms with Crippen LogP contribution < -0.4 is 5.56 Å². The van der Waals surface area contributed by atoms with Crippen molar-refractivity contribution in [3.8, 4) is 17.0 Å². The second-order valence-corrected chi connectivity index (χ2v) is 11.6. The lowest BCUT2D eigenvalue weighted by Gasteiger charge is -2.25. The number of halogens is 1. The van der Waals surface area contributed by atoms with Gasteiger partial charge in [-0.1, -0.05) is 42.5 Å². The van der Waals surface area contributed by atoms with Crippen molar-refractivity contribution in [1.29, 1.82) is 0 Å². The van der Waals surface area contributed by atoms with E-state index in [1.54, 1.807) is 25.1 Å². The van der Waals surface area contributed by atoms with Crippen molar-refractivity contribution in [2.45, 2.75) is 42.0 Å². The van der Waals surface area contributed by atoms with Gasteiger partial charge in [-0.3, -0.25) is 9.36 Å². The van der Waals surface area contributed by atoms with Gasteiger partial charge >= 0.3 is 0 Å². The summed E-state index contributed by atoms with van der Waals surface area (Å²) in [6.45, 7) is 1.78. The Morgan fingerprint density at radius 3 is 2.36 bits per heavy atom. The van der Waals surface area contributed by atoms with Crippen LogP contribution in [0.4, 0.5) is 4.39 Å². The van der Waals surface area contributed by atoms with Crippen LogP contribution in [0, 0.1) is 18.8 Å². The number of hydrogen-bond acceptors (Lipinski definition) is 7. The summed E-state index contributed by atoms with van der Waals surface area (Å²) in [6.07, 6.45) is 2.40. The third kappa shape index (κ3) is 5.35. The lowest BCUT2D eigenvalue weighted by Crippen LogP contribution is -2.29. The third-order valence-corrected chi connectivity index (χ3v) is 8.71. The Labute approximate surface area is 225 Å². The maximum atomic E-state index is 13.7. The summed E-state index contributed by atoms with van der Waals surface area (Å²) in [4.78, 5) is 20.2. The molecule has 4 aromatic rings. The average molecular weight is 550 g/mol. The van der Waals surface area contributed by atoms with E-state index in [-0.39, 0.29) is 11.5 Å². The molecule has 0 bridgehead atoms. The number of nitrogens with zero attached hydrogens (tertiary/aromatic N) is 3. The van der Waals surface area contributed by atoms with E-state index >= 15 is 0 Å². The zero-order valence-corrected chi connectivity index (χ0v) is 22.4. The molecule has 10 heteroatoms. The Morgan fingerprint density at radius 2 is 1.74 bits per heavy atom. The molecule has 2 aromatic heterocycles. The molecule has 1 aliphatic rings. The second-order valence-electron chi connectivity index (χ2n) is 9.68. The first-order chi connectivity index (χ1) is 18.7. The molecule has 0 radical (unpaired) electrons. The Bertz CT molecular complexity index is 1670. The number of aryl methyl sites for hydroxylation is 1. The summed E-state index contributed by atoms with van der Waals surface area (Å²) in [7, 11) is -2.95. The van der Waals surface area contributed by atoms with Gasteiger partial charge in [0.2, 0.25) is 21.7 Å². The molecule has 8 nitrogen and oxygen atoms in total. The highest BCUT2D eigenvalue weighted by atomic mass is 32.2. The van der Waals surface area contributed by atoms with Crippen molar-refractivity contribution < 1.29 is 22.7 Å². The molecule has 1 fully saturated rings. The maximum Gasteiger partial charge on any atom is 0.296 e. The summed E-state index contributed by atoms with van der Waals surface area (Å²) < 4.78 is 47.8. The van der Waals surface area contributed by atoms with Gasteiger partial charge in [-0.25, -0.2) is 13.4 Å². The fourth-order valence-corrected chi connectivity index (χ4v) is 6.10. The first-order valence-corrected chi connectivity index (χ1v) is 14.1. The fourth-order valence-electron chi connectivity index (χ4n) is 4.76. The molecule has 1 saturated carbocycles. The quantitative estimate of drug-likeness (QED) is 0.307. The van der Waals surface area contributed by atoms with Crippen molar-refractivity contribution >= 4 is 9.84 Å². The topological polar surface area (TPSA) is 111 Å². The molecule has 0 amide bonds. The minimum Gasteiger partial charge on any atom is -0.493 e. The number of benzene rings is 2. The summed E-state index contributed by atoms with van der Waals surface area (Å²) >= 11 is 0. The molecule has 0 spiro atoms. The normalized spacial score (nSPS) is 14.3. The zero-order valence-electron chi connectivity index (χ0n) is 21.5. The minimum absolute atomic E-state index is 0.124. The van der Waals surface area contributed by atoms with Gasteiger partial charge < -0.3 is 9.84 Å². The molecule has 1 atom stereocenters. The van der Waals surface area contributed by atoms with Crippen molar-refractivity contribution in [2.24, 2.45) is 5.92 Å². The largest absolute Gasteiger partial charge is 0.493 e. The standard InChI is InChI=1S/C29H28FN3O5S/c1-18-23(14-15-25(30)31-18)20-10-12-22(13-11-20)39(36,37)27-28(34)32-26(16-19-8-9-19)33(29(27)35)24(17-38-2)21-6-4-3-5-7-21/h3-7,10-15,19,24,35H,8-9,16-17H2,1-2H3/t24-/m0/s1. The first-order valence-electron chi connectivity index (χ1n) is 12.6. The van der Waals surface area contributed by atoms with Gasteiger partial charge in [0.05, 0.1) is 17.5 Å². The molecule has 1 N–H and O–H groups in total. The van der Waals surface area contributed by atoms with Crippen LogP contribution in [0.3, 0.4) is 0 Å². The van der Waals surface area contributed by atoms with E-state index < -0.39 is 38.2 Å². The van der Waals surface area contributed by atoms with Crippen molar-refractivity contribution in [2.75, 3.05) is 13.7 Å². The molecule has 2 aromatic carbocycles. The Morgan fingerprint density at radius 1 is 1.05 bits per heavy atom. The van der Waals surface area contributed by atoms with E-state index in [9.17, 15) is 22.7 Å². The average Bonchev–Trinajstić information content (AvgIpc) is 3.72. The van der Waals surface area contributed by atoms with Crippen molar-refractivity contribution in [1.82, 2.24) is 14.5 Å². The first kappa shape index (κ1) is 26.7. The van der Waals surface area contributed by atoms with Crippen LogP contribution in [0.1, 0.15) is 36.0 Å². The molecular weight excluding hydrogens is 521 g/mol. The van der Waals surface area contributed by atoms with Gasteiger partial charge in [-0.05, 0) is 61.1 Å². The molecule has 0 unspecified atom stereocenters. The van der Waals surface area contributed by atoms with Crippen LogP contribution in [0.15, 0.2) is 81.3 Å². The van der Waals surface area contributed by atoms with Crippen LogP contribution in [-0.4, -0.2) is 41.8 Å². The molecule has 0 saturated heterocycles. The smallest absolute Gasteiger partial charge is 0.296 e. The van der Waals surface area contributed by atoms with Crippen LogP contribution in [0.25, 0.3) is 11.1 Å². The molecule has 202 valence electrons.